The number of nitrogens with two attached hydrogens (primary N) is 1. The molecule has 2 amide bonds. The lowest BCUT2D eigenvalue weighted by Crippen LogP contribution is -2.43. The van der Waals surface area contributed by atoms with Gasteiger partial charge in [-0.25, -0.2) is 4.98 Å². The number of carbonyl (C=O) groups is 2. The number of hydrogen-bond acceptors (Lipinski definition) is 8. The van der Waals surface area contributed by atoms with Crippen LogP contribution >= 0.6 is 11.8 Å². The van der Waals surface area contributed by atoms with Gasteiger partial charge in [0, 0.05) is 43.1 Å². The first-order valence-corrected chi connectivity index (χ1v) is 11.3. The van der Waals surface area contributed by atoms with E-state index in [1.54, 1.807) is 18.3 Å². The van der Waals surface area contributed by atoms with Gasteiger partial charge in [0.1, 0.15) is 5.82 Å². The minimum Gasteiger partial charge on any atom is -0.387 e. The Kier molecular flexibility index (Phi) is 6.74. The summed E-state index contributed by atoms with van der Waals surface area (Å²) < 4.78 is 0. The minimum absolute atomic E-state index is 0.202. The summed E-state index contributed by atoms with van der Waals surface area (Å²) in [6, 6.07) is 12.1. The SMILES string of the molecule is Nc1ccc([C@@H](O)CNC2CCN(c3ccc(CC4SC(=O)NC4=O)cc3)CC2)cn1. The summed E-state index contributed by atoms with van der Waals surface area (Å²) in [7, 11) is 0. The Morgan fingerprint density at radius 2 is 1.94 bits per heavy atom. The number of nitrogens with zero attached hydrogens (tertiary/aromatic N) is 2. The van der Waals surface area contributed by atoms with Crippen LogP contribution in [0.2, 0.25) is 0 Å². The Balaban J connectivity index is 1.22. The molecule has 0 radical (unpaired) electrons. The van der Waals surface area contributed by atoms with Crippen LogP contribution in [-0.2, 0) is 11.2 Å². The van der Waals surface area contributed by atoms with Crippen molar-refractivity contribution in [2.24, 2.45) is 0 Å². The number of aliphatic hydroxyl groups excluding tert-OH is 1. The van der Waals surface area contributed by atoms with E-state index in [1.165, 1.54) is 0 Å². The fourth-order valence-corrected chi connectivity index (χ4v) is 4.80. The van der Waals surface area contributed by atoms with E-state index in [-0.39, 0.29) is 16.4 Å². The maximum absolute atomic E-state index is 11.7. The molecule has 1 aromatic carbocycles. The first kappa shape index (κ1) is 21.6. The van der Waals surface area contributed by atoms with Gasteiger partial charge in [-0.15, -0.1) is 0 Å². The molecule has 5 N–H and O–H groups in total. The molecule has 2 aliphatic heterocycles. The Morgan fingerprint density at radius 3 is 2.55 bits per heavy atom. The Bertz CT molecular complexity index is 914. The topological polar surface area (TPSA) is 121 Å². The van der Waals surface area contributed by atoms with Crippen molar-refractivity contribution in [1.29, 1.82) is 0 Å². The van der Waals surface area contributed by atoms with Crippen LogP contribution < -0.4 is 21.3 Å². The number of pyridine rings is 1. The van der Waals surface area contributed by atoms with E-state index in [9.17, 15) is 14.7 Å². The van der Waals surface area contributed by atoms with Crippen molar-refractivity contribution in [2.45, 2.75) is 36.7 Å². The fourth-order valence-electron chi connectivity index (χ4n) is 3.94. The Morgan fingerprint density at radius 1 is 1.19 bits per heavy atom. The van der Waals surface area contributed by atoms with E-state index in [1.807, 2.05) is 12.1 Å². The number of benzene rings is 1. The number of nitrogen functional groups attached to an aromatic ring is 1. The quantitative estimate of drug-likeness (QED) is 0.514. The molecule has 3 heterocycles. The summed E-state index contributed by atoms with van der Waals surface area (Å²) in [6.45, 7) is 2.36. The number of nitrogens with one attached hydrogen (secondary N) is 2. The van der Waals surface area contributed by atoms with Crippen molar-refractivity contribution >= 4 is 34.4 Å². The number of rotatable bonds is 7. The maximum atomic E-state index is 11.7. The van der Waals surface area contributed by atoms with Crippen molar-refractivity contribution in [3.05, 3.63) is 53.7 Å². The molecule has 31 heavy (non-hydrogen) atoms. The number of aliphatic hydroxyl groups is 1. The van der Waals surface area contributed by atoms with Crippen LogP contribution in [0.15, 0.2) is 42.6 Å². The third-order valence-electron chi connectivity index (χ3n) is 5.78. The van der Waals surface area contributed by atoms with Crippen molar-refractivity contribution in [3.63, 3.8) is 0 Å². The second-order valence-corrected chi connectivity index (χ2v) is 9.13. The molecule has 164 valence electrons. The molecule has 2 aliphatic rings. The summed E-state index contributed by atoms with van der Waals surface area (Å²) in [5.74, 6) is 0.244. The second kappa shape index (κ2) is 9.67. The van der Waals surface area contributed by atoms with Crippen LogP contribution in [0.1, 0.15) is 30.1 Å². The van der Waals surface area contributed by atoms with Crippen LogP contribution in [0.4, 0.5) is 16.3 Å². The molecule has 0 bridgehead atoms. The third kappa shape index (κ3) is 5.55. The lowest BCUT2D eigenvalue weighted by atomic mass is 10.0. The number of imide groups is 1. The number of hydrogen-bond donors (Lipinski definition) is 4. The van der Waals surface area contributed by atoms with Gasteiger partial charge in [0.2, 0.25) is 5.91 Å². The van der Waals surface area contributed by atoms with Gasteiger partial charge in [-0.1, -0.05) is 30.0 Å². The van der Waals surface area contributed by atoms with Gasteiger partial charge >= 0.3 is 0 Å². The van der Waals surface area contributed by atoms with Crippen LogP contribution in [-0.4, -0.2) is 52.2 Å². The molecule has 1 unspecified atom stereocenters. The summed E-state index contributed by atoms with van der Waals surface area (Å²) in [4.78, 5) is 29.4. The van der Waals surface area contributed by atoms with Gasteiger partial charge in [0.05, 0.1) is 11.4 Å². The highest BCUT2D eigenvalue weighted by atomic mass is 32.2. The van der Waals surface area contributed by atoms with Gasteiger partial charge in [-0.05, 0) is 43.0 Å². The minimum atomic E-state index is -0.603. The molecule has 0 saturated carbocycles. The second-order valence-electron chi connectivity index (χ2n) is 7.96. The summed E-state index contributed by atoms with van der Waals surface area (Å²) in [6.07, 6.45) is 3.56. The van der Waals surface area contributed by atoms with E-state index in [2.05, 4.69) is 32.7 Å². The molecule has 1 aromatic heterocycles. The molecule has 2 atom stereocenters. The van der Waals surface area contributed by atoms with Gasteiger partial charge in [-0.2, -0.15) is 0 Å². The van der Waals surface area contributed by atoms with Crippen LogP contribution in [0, 0.1) is 0 Å². The van der Waals surface area contributed by atoms with E-state index in [0.717, 1.165) is 54.5 Å². The Hall–Kier alpha value is -2.62. The number of carbonyl (C=O) groups excluding carboxylic acids is 2. The van der Waals surface area contributed by atoms with E-state index in [4.69, 9.17) is 5.73 Å². The molecule has 2 saturated heterocycles. The zero-order valence-electron chi connectivity index (χ0n) is 17.2. The zero-order valence-corrected chi connectivity index (χ0v) is 18.0. The first-order chi connectivity index (χ1) is 15.0. The molecule has 4 rings (SSSR count). The maximum Gasteiger partial charge on any atom is 0.286 e. The monoisotopic (exact) mass is 441 g/mol. The van der Waals surface area contributed by atoms with Crippen LogP contribution in [0.3, 0.4) is 0 Å². The van der Waals surface area contributed by atoms with Crippen LogP contribution in [0.5, 0.6) is 0 Å². The smallest absolute Gasteiger partial charge is 0.286 e. The predicted octanol–water partition coefficient (Wildman–Crippen LogP) is 1.85. The van der Waals surface area contributed by atoms with Gasteiger partial charge < -0.3 is 21.1 Å². The average Bonchev–Trinajstić information content (AvgIpc) is 3.10. The number of aromatic nitrogens is 1. The standard InChI is InChI=1S/C22H27N5O3S/c23-20-6-3-15(12-25-20)18(28)13-24-16-7-9-27(10-8-16)17-4-1-14(2-5-17)11-19-21(29)26-22(30)31-19/h1-6,12,16,18-19,24,28H,7-11,13H2,(H2,23,25)(H,26,29,30)/t18-,19?/m0/s1. The molecule has 2 fully saturated rings. The number of piperidine rings is 1. The lowest BCUT2D eigenvalue weighted by molar-refractivity contribution is -0.118. The van der Waals surface area contributed by atoms with Gasteiger partial charge in [0.25, 0.3) is 5.24 Å². The van der Waals surface area contributed by atoms with E-state index in [0.29, 0.717) is 24.8 Å². The summed E-state index contributed by atoms with van der Waals surface area (Å²) >= 11 is 1.06. The third-order valence-corrected chi connectivity index (χ3v) is 6.76. The van der Waals surface area contributed by atoms with Crippen molar-refractivity contribution in [1.82, 2.24) is 15.6 Å². The number of thioether (sulfide) groups is 1. The van der Waals surface area contributed by atoms with Crippen molar-refractivity contribution < 1.29 is 14.7 Å². The highest BCUT2D eigenvalue weighted by Crippen LogP contribution is 2.25. The first-order valence-electron chi connectivity index (χ1n) is 10.5. The highest BCUT2D eigenvalue weighted by Gasteiger charge is 2.31. The average molecular weight is 442 g/mol. The summed E-state index contributed by atoms with van der Waals surface area (Å²) in [5, 5.41) is 15.5. The van der Waals surface area contributed by atoms with E-state index >= 15 is 0 Å². The summed E-state index contributed by atoms with van der Waals surface area (Å²) in [5.41, 5.74) is 8.56. The molecule has 0 spiro atoms. The van der Waals surface area contributed by atoms with Crippen molar-refractivity contribution in [2.75, 3.05) is 30.3 Å². The largest absolute Gasteiger partial charge is 0.387 e. The van der Waals surface area contributed by atoms with Crippen molar-refractivity contribution in [3.8, 4) is 0 Å². The highest BCUT2D eigenvalue weighted by molar-refractivity contribution is 8.15. The van der Waals surface area contributed by atoms with Gasteiger partial charge in [0.15, 0.2) is 0 Å². The zero-order chi connectivity index (χ0) is 21.8. The molecule has 9 heteroatoms. The fraction of sp³-hybridized carbons (Fsp3) is 0.409. The molecular formula is C22H27N5O3S. The van der Waals surface area contributed by atoms with E-state index < -0.39 is 6.10 Å². The van der Waals surface area contributed by atoms with Gasteiger partial charge in [-0.3, -0.25) is 14.9 Å². The lowest BCUT2D eigenvalue weighted by Gasteiger charge is -2.34. The number of amides is 2. The number of anilines is 2. The Labute approximate surface area is 185 Å². The molecule has 0 aliphatic carbocycles. The molecule has 2 aromatic rings. The molecule has 8 nitrogen and oxygen atoms in total. The predicted molar refractivity (Wildman–Crippen MR) is 122 cm³/mol. The normalized spacial score (nSPS) is 20.7. The molecular weight excluding hydrogens is 414 g/mol. The van der Waals surface area contributed by atoms with Crippen LogP contribution in [0.25, 0.3) is 0 Å².